The van der Waals surface area contributed by atoms with Crippen LogP contribution in [-0.4, -0.2) is 12.6 Å². The molecule has 0 saturated heterocycles. The molecule has 21 heavy (non-hydrogen) atoms. The van der Waals surface area contributed by atoms with E-state index in [9.17, 15) is 4.79 Å². The van der Waals surface area contributed by atoms with Crippen LogP contribution < -0.4 is 5.73 Å². The highest BCUT2D eigenvalue weighted by molar-refractivity contribution is 7.16. The Morgan fingerprint density at radius 2 is 1.62 bits per heavy atom. The van der Waals surface area contributed by atoms with Gasteiger partial charge in [0.1, 0.15) is 5.00 Å². The van der Waals surface area contributed by atoms with Crippen molar-refractivity contribution in [1.29, 1.82) is 0 Å². The van der Waals surface area contributed by atoms with Crippen LogP contribution in [0.5, 0.6) is 0 Å². The van der Waals surface area contributed by atoms with Gasteiger partial charge in [-0.3, -0.25) is 0 Å². The second-order valence-corrected chi connectivity index (χ2v) is 6.93. The van der Waals surface area contributed by atoms with E-state index in [1.807, 2.05) is 6.92 Å². The Labute approximate surface area is 131 Å². The first-order valence-corrected chi connectivity index (χ1v) is 9.12. The molecule has 0 amide bonds. The second kappa shape index (κ2) is 8.42. The van der Waals surface area contributed by atoms with Gasteiger partial charge in [-0.05, 0) is 38.2 Å². The highest BCUT2D eigenvalue weighted by Crippen LogP contribution is 2.34. The van der Waals surface area contributed by atoms with E-state index < -0.39 is 0 Å². The fourth-order valence-corrected chi connectivity index (χ4v) is 4.22. The molecule has 3 nitrogen and oxygen atoms in total. The molecule has 1 aromatic heterocycles. The molecule has 0 fully saturated rings. The Morgan fingerprint density at radius 1 is 1.05 bits per heavy atom. The number of carbonyl (C=O) groups excluding carboxylic acids is 1. The third-order valence-electron chi connectivity index (χ3n) is 4.18. The van der Waals surface area contributed by atoms with Gasteiger partial charge in [0.2, 0.25) is 0 Å². The number of carbonyl (C=O) groups is 1. The molecular formula is C17H27NO2S. The number of thiophene rings is 1. The summed E-state index contributed by atoms with van der Waals surface area (Å²) in [4.78, 5) is 13.5. The van der Waals surface area contributed by atoms with Gasteiger partial charge in [-0.25, -0.2) is 4.79 Å². The minimum absolute atomic E-state index is 0.236. The first-order chi connectivity index (χ1) is 10.2. The van der Waals surface area contributed by atoms with Crippen molar-refractivity contribution in [2.24, 2.45) is 0 Å². The summed E-state index contributed by atoms with van der Waals surface area (Å²) in [5.41, 5.74) is 7.95. The molecule has 0 radical (unpaired) electrons. The highest BCUT2D eigenvalue weighted by atomic mass is 32.1. The number of anilines is 1. The van der Waals surface area contributed by atoms with Crippen LogP contribution in [0.3, 0.4) is 0 Å². The van der Waals surface area contributed by atoms with Gasteiger partial charge in [0.25, 0.3) is 0 Å². The summed E-state index contributed by atoms with van der Waals surface area (Å²) in [5, 5.41) is 0.647. The first kappa shape index (κ1) is 16.3. The van der Waals surface area contributed by atoms with Crippen LogP contribution in [0.2, 0.25) is 0 Å². The summed E-state index contributed by atoms with van der Waals surface area (Å²) >= 11 is 1.60. The molecule has 1 aromatic rings. The van der Waals surface area contributed by atoms with Crippen molar-refractivity contribution in [2.45, 2.75) is 71.1 Å². The Balaban J connectivity index is 2.21. The van der Waals surface area contributed by atoms with Gasteiger partial charge in [-0.1, -0.05) is 38.5 Å². The molecule has 4 heteroatoms. The lowest BCUT2D eigenvalue weighted by Crippen LogP contribution is -2.09. The molecule has 2 rings (SSSR count). The highest BCUT2D eigenvalue weighted by Gasteiger charge is 2.22. The Morgan fingerprint density at radius 3 is 2.24 bits per heavy atom. The van der Waals surface area contributed by atoms with E-state index in [-0.39, 0.29) is 5.97 Å². The lowest BCUT2D eigenvalue weighted by molar-refractivity contribution is 0.0527. The minimum Gasteiger partial charge on any atom is -0.462 e. The van der Waals surface area contributed by atoms with Crippen LogP contribution in [0.15, 0.2) is 0 Å². The maximum absolute atomic E-state index is 12.2. The minimum atomic E-state index is -0.236. The van der Waals surface area contributed by atoms with Crippen LogP contribution in [-0.2, 0) is 17.6 Å². The van der Waals surface area contributed by atoms with Crippen LogP contribution in [0.4, 0.5) is 5.00 Å². The SMILES string of the molecule is CCOC(=O)c1c(N)sc2c1CCCCCCCCCC2. The van der Waals surface area contributed by atoms with Crippen molar-refractivity contribution in [2.75, 3.05) is 12.3 Å². The molecule has 0 saturated carbocycles. The van der Waals surface area contributed by atoms with Gasteiger partial charge < -0.3 is 10.5 Å². The van der Waals surface area contributed by atoms with E-state index >= 15 is 0 Å². The number of nitrogens with two attached hydrogens (primary N) is 1. The molecule has 0 unspecified atom stereocenters. The monoisotopic (exact) mass is 309 g/mol. The number of esters is 1. The van der Waals surface area contributed by atoms with Gasteiger partial charge in [0.05, 0.1) is 12.2 Å². The van der Waals surface area contributed by atoms with Crippen molar-refractivity contribution in [3.63, 3.8) is 0 Å². The average molecular weight is 309 g/mol. The smallest absolute Gasteiger partial charge is 0.341 e. The van der Waals surface area contributed by atoms with Crippen molar-refractivity contribution in [1.82, 2.24) is 0 Å². The zero-order valence-corrected chi connectivity index (χ0v) is 13.9. The largest absolute Gasteiger partial charge is 0.462 e. The standard InChI is InChI=1S/C17H27NO2S/c1-2-20-17(19)15-13-11-9-7-5-3-4-6-8-10-12-14(13)21-16(15)18/h2-12,18H2,1H3. The quantitative estimate of drug-likeness (QED) is 0.804. The lowest BCUT2D eigenvalue weighted by atomic mass is 9.97. The zero-order valence-electron chi connectivity index (χ0n) is 13.1. The lowest BCUT2D eigenvalue weighted by Gasteiger charge is -2.09. The number of ether oxygens (including phenoxy) is 1. The molecule has 0 aliphatic heterocycles. The number of aryl methyl sites for hydroxylation is 1. The van der Waals surface area contributed by atoms with Crippen molar-refractivity contribution in [3.05, 3.63) is 16.0 Å². The van der Waals surface area contributed by atoms with Crippen LogP contribution in [0, 0.1) is 0 Å². The zero-order chi connectivity index (χ0) is 15.1. The van der Waals surface area contributed by atoms with E-state index in [1.54, 1.807) is 11.3 Å². The van der Waals surface area contributed by atoms with Gasteiger partial charge in [-0.2, -0.15) is 0 Å². The first-order valence-electron chi connectivity index (χ1n) is 8.31. The van der Waals surface area contributed by atoms with Crippen LogP contribution in [0.25, 0.3) is 0 Å². The molecule has 2 N–H and O–H groups in total. The topological polar surface area (TPSA) is 52.3 Å². The summed E-state index contributed by atoms with van der Waals surface area (Å²) in [5.74, 6) is -0.236. The number of hydrogen-bond donors (Lipinski definition) is 1. The number of nitrogen functional groups attached to an aromatic ring is 1. The summed E-state index contributed by atoms with van der Waals surface area (Å²) in [6.45, 7) is 2.25. The van der Waals surface area contributed by atoms with E-state index in [2.05, 4.69) is 0 Å². The summed E-state index contributed by atoms with van der Waals surface area (Å²) in [6.07, 6.45) is 12.3. The fraction of sp³-hybridized carbons (Fsp3) is 0.706. The van der Waals surface area contributed by atoms with Gasteiger partial charge in [0.15, 0.2) is 0 Å². The van der Waals surface area contributed by atoms with E-state index in [0.717, 1.165) is 19.3 Å². The fourth-order valence-electron chi connectivity index (χ4n) is 3.07. The van der Waals surface area contributed by atoms with E-state index in [1.165, 1.54) is 55.4 Å². The maximum atomic E-state index is 12.2. The molecular weight excluding hydrogens is 282 g/mol. The molecule has 1 heterocycles. The van der Waals surface area contributed by atoms with Crippen molar-refractivity contribution >= 4 is 22.3 Å². The molecule has 118 valence electrons. The summed E-state index contributed by atoms with van der Waals surface area (Å²) in [6, 6.07) is 0. The predicted octanol–water partition coefficient (Wildman–Crippen LogP) is 4.73. The third kappa shape index (κ3) is 4.47. The number of rotatable bonds is 2. The molecule has 0 spiro atoms. The van der Waals surface area contributed by atoms with Crippen molar-refractivity contribution in [3.8, 4) is 0 Å². The maximum Gasteiger partial charge on any atom is 0.341 e. The third-order valence-corrected chi connectivity index (χ3v) is 5.30. The molecule has 0 bridgehead atoms. The number of hydrogen-bond acceptors (Lipinski definition) is 4. The average Bonchev–Trinajstić information content (AvgIpc) is 2.75. The Hall–Kier alpha value is -1.03. The molecule has 1 aliphatic rings. The molecule has 1 aliphatic carbocycles. The second-order valence-electron chi connectivity index (χ2n) is 5.79. The number of fused-ring (bicyclic) bond motifs is 1. The van der Waals surface area contributed by atoms with Gasteiger partial charge in [0, 0.05) is 4.88 Å². The van der Waals surface area contributed by atoms with E-state index in [4.69, 9.17) is 10.5 Å². The van der Waals surface area contributed by atoms with Crippen molar-refractivity contribution < 1.29 is 9.53 Å². The molecule has 0 atom stereocenters. The van der Waals surface area contributed by atoms with Crippen LogP contribution >= 0.6 is 11.3 Å². The summed E-state index contributed by atoms with van der Waals surface area (Å²) in [7, 11) is 0. The van der Waals surface area contributed by atoms with Gasteiger partial charge >= 0.3 is 5.97 Å². The van der Waals surface area contributed by atoms with E-state index in [0.29, 0.717) is 17.2 Å². The Bertz CT molecular complexity index is 468. The van der Waals surface area contributed by atoms with Gasteiger partial charge in [-0.15, -0.1) is 11.3 Å². The van der Waals surface area contributed by atoms with Crippen LogP contribution in [0.1, 0.15) is 79.1 Å². The predicted molar refractivity (Wildman–Crippen MR) is 89.0 cm³/mol. The normalized spacial score (nSPS) is 17.4. The summed E-state index contributed by atoms with van der Waals surface area (Å²) < 4.78 is 5.19. The Kier molecular flexibility index (Phi) is 6.55. The molecule has 0 aromatic carbocycles.